The smallest absolute Gasteiger partial charge is 0.298 e. The second-order valence-corrected chi connectivity index (χ2v) is 4.82. The van der Waals surface area contributed by atoms with Gasteiger partial charge in [-0.25, -0.2) is 0 Å². The van der Waals surface area contributed by atoms with Crippen LogP contribution in [0.4, 0.5) is 0 Å². The summed E-state index contributed by atoms with van der Waals surface area (Å²) in [5.41, 5.74) is 6.64. The molecule has 4 nitrogen and oxygen atoms in total. The van der Waals surface area contributed by atoms with E-state index in [1.807, 2.05) is 24.3 Å². The predicted octanol–water partition coefficient (Wildman–Crippen LogP) is 2.67. The van der Waals surface area contributed by atoms with E-state index in [9.17, 15) is 0 Å². The van der Waals surface area contributed by atoms with E-state index in [-0.39, 0.29) is 0 Å². The van der Waals surface area contributed by atoms with E-state index in [0.717, 1.165) is 17.1 Å². The van der Waals surface area contributed by atoms with E-state index in [1.54, 1.807) is 0 Å². The summed E-state index contributed by atoms with van der Waals surface area (Å²) in [7, 11) is 0. The topological polar surface area (TPSA) is 61.0 Å². The van der Waals surface area contributed by atoms with Gasteiger partial charge in [-0.2, -0.15) is 9.36 Å². The van der Waals surface area contributed by atoms with Gasteiger partial charge in [0.1, 0.15) is 11.6 Å². The number of rotatable bonds is 4. The van der Waals surface area contributed by atoms with Gasteiger partial charge in [-0.05, 0) is 18.9 Å². The van der Waals surface area contributed by atoms with Crippen molar-refractivity contribution in [2.75, 3.05) is 0 Å². The fraction of sp³-hybridized carbons (Fsp3) is 0.333. The number of hydrogen-bond acceptors (Lipinski definition) is 5. The van der Waals surface area contributed by atoms with Gasteiger partial charge < -0.3 is 10.5 Å². The number of nitrogens with two attached hydrogens (primary N) is 1. The summed E-state index contributed by atoms with van der Waals surface area (Å²) < 4.78 is 10.0. The summed E-state index contributed by atoms with van der Waals surface area (Å²) in [6, 6.07) is 7.74. The van der Waals surface area contributed by atoms with Crippen LogP contribution in [-0.4, -0.2) is 9.36 Å². The highest BCUT2D eigenvalue weighted by Gasteiger charge is 2.28. The van der Waals surface area contributed by atoms with E-state index in [0.29, 0.717) is 17.7 Å². The molecule has 88 valence electrons. The zero-order chi connectivity index (χ0) is 11.7. The van der Waals surface area contributed by atoms with E-state index in [2.05, 4.69) is 9.36 Å². The van der Waals surface area contributed by atoms with Crippen LogP contribution in [0, 0.1) is 0 Å². The van der Waals surface area contributed by atoms with Gasteiger partial charge >= 0.3 is 0 Å². The Morgan fingerprint density at radius 3 is 2.94 bits per heavy atom. The summed E-state index contributed by atoms with van der Waals surface area (Å²) in [5.74, 6) is 2.26. The minimum absolute atomic E-state index is 0.463. The maximum absolute atomic E-state index is 5.72. The molecule has 0 bridgehead atoms. The Bertz CT molecular complexity index is 522. The molecule has 1 aliphatic carbocycles. The third-order valence-electron chi connectivity index (χ3n) is 2.76. The summed E-state index contributed by atoms with van der Waals surface area (Å²) in [6.07, 6.45) is 2.41. The fourth-order valence-electron chi connectivity index (χ4n) is 1.64. The Hall–Kier alpha value is -1.46. The zero-order valence-electron chi connectivity index (χ0n) is 9.30. The molecular formula is C12H13N3OS. The second kappa shape index (κ2) is 4.43. The van der Waals surface area contributed by atoms with Crippen LogP contribution in [0.2, 0.25) is 0 Å². The third-order valence-corrected chi connectivity index (χ3v) is 3.36. The molecule has 1 heterocycles. The van der Waals surface area contributed by atoms with Crippen molar-refractivity contribution in [1.82, 2.24) is 9.36 Å². The molecule has 0 spiro atoms. The maximum atomic E-state index is 5.72. The summed E-state index contributed by atoms with van der Waals surface area (Å²) in [5, 5.41) is 0.604. The molecule has 0 radical (unpaired) electrons. The van der Waals surface area contributed by atoms with Gasteiger partial charge in [0.15, 0.2) is 0 Å². The van der Waals surface area contributed by atoms with Crippen LogP contribution >= 0.6 is 11.5 Å². The summed E-state index contributed by atoms with van der Waals surface area (Å²) in [4.78, 5) is 4.39. The Labute approximate surface area is 104 Å². The number of ether oxygens (including phenoxy) is 1. The van der Waals surface area contributed by atoms with Gasteiger partial charge in [0.25, 0.3) is 5.19 Å². The molecule has 1 aliphatic rings. The summed E-state index contributed by atoms with van der Waals surface area (Å²) >= 11 is 1.31. The Kier molecular flexibility index (Phi) is 2.78. The first-order valence-corrected chi connectivity index (χ1v) is 6.43. The summed E-state index contributed by atoms with van der Waals surface area (Å²) in [6.45, 7) is 0.463. The molecule has 1 saturated carbocycles. The van der Waals surface area contributed by atoms with Gasteiger partial charge in [-0.15, -0.1) is 0 Å². The highest BCUT2D eigenvalue weighted by Crippen LogP contribution is 2.40. The number of benzene rings is 1. The molecule has 5 heteroatoms. The van der Waals surface area contributed by atoms with E-state index >= 15 is 0 Å². The second-order valence-electron chi connectivity index (χ2n) is 4.11. The fourth-order valence-corrected chi connectivity index (χ4v) is 2.26. The zero-order valence-corrected chi connectivity index (χ0v) is 10.1. The molecule has 2 aromatic rings. The number of aromatic nitrogens is 2. The molecule has 3 rings (SSSR count). The maximum Gasteiger partial charge on any atom is 0.298 e. The van der Waals surface area contributed by atoms with Crippen LogP contribution in [0.3, 0.4) is 0 Å². The van der Waals surface area contributed by atoms with Crippen molar-refractivity contribution in [1.29, 1.82) is 0 Å². The molecule has 2 N–H and O–H groups in total. The van der Waals surface area contributed by atoms with Gasteiger partial charge in [0.05, 0.1) is 0 Å². The lowest BCUT2D eigenvalue weighted by Crippen LogP contribution is -1.98. The van der Waals surface area contributed by atoms with E-state index < -0.39 is 0 Å². The lowest BCUT2D eigenvalue weighted by Gasteiger charge is -2.05. The van der Waals surface area contributed by atoms with Crippen molar-refractivity contribution in [2.45, 2.75) is 25.3 Å². The Morgan fingerprint density at radius 2 is 2.18 bits per heavy atom. The van der Waals surface area contributed by atoms with Gasteiger partial charge in [0.2, 0.25) is 0 Å². The first-order chi connectivity index (χ1) is 8.36. The molecule has 0 amide bonds. The predicted molar refractivity (Wildman–Crippen MR) is 66.3 cm³/mol. The first kappa shape index (κ1) is 10.7. The molecule has 0 atom stereocenters. The van der Waals surface area contributed by atoms with Gasteiger partial charge in [-0.3, -0.25) is 0 Å². The molecule has 17 heavy (non-hydrogen) atoms. The molecule has 0 unspecified atom stereocenters. The molecule has 1 aromatic carbocycles. The van der Waals surface area contributed by atoms with Crippen LogP contribution in [-0.2, 0) is 6.54 Å². The lowest BCUT2D eigenvalue weighted by molar-refractivity contribution is 0.471. The number of nitrogens with zero attached hydrogens (tertiary/aromatic N) is 2. The van der Waals surface area contributed by atoms with Crippen molar-refractivity contribution in [3.05, 3.63) is 35.7 Å². The molecule has 1 aromatic heterocycles. The lowest BCUT2D eigenvalue weighted by atomic mass is 10.2. The quantitative estimate of drug-likeness (QED) is 0.902. The van der Waals surface area contributed by atoms with Crippen molar-refractivity contribution in [3.63, 3.8) is 0 Å². The van der Waals surface area contributed by atoms with E-state index in [1.165, 1.54) is 24.4 Å². The van der Waals surface area contributed by atoms with Crippen molar-refractivity contribution >= 4 is 11.5 Å². The molecule has 1 fully saturated rings. The van der Waals surface area contributed by atoms with Gasteiger partial charge in [-0.1, -0.05) is 18.2 Å². The van der Waals surface area contributed by atoms with Gasteiger partial charge in [0, 0.05) is 29.6 Å². The highest BCUT2D eigenvalue weighted by molar-refractivity contribution is 7.07. The molecular weight excluding hydrogens is 234 g/mol. The molecule has 0 saturated heterocycles. The van der Waals surface area contributed by atoms with Crippen LogP contribution in [0.1, 0.15) is 30.1 Å². The average molecular weight is 247 g/mol. The number of hydrogen-bond donors (Lipinski definition) is 1. The van der Waals surface area contributed by atoms with Crippen LogP contribution < -0.4 is 10.5 Å². The monoisotopic (exact) mass is 247 g/mol. The SMILES string of the molecule is NCc1ccccc1Oc1nc(C2CC2)ns1. The Balaban J connectivity index is 1.80. The van der Waals surface area contributed by atoms with Crippen molar-refractivity contribution in [2.24, 2.45) is 5.73 Å². The molecule has 0 aliphatic heterocycles. The first-order valence-electron chi connectivity index (χ1n) is 5.66. The average Bonchev–Trinajstić information content (AvgIpc) is 3.11. The standard InChI is InChI=1S/C12H13N3OS/c13-7-9-3-1-2-4-10(9)16-12-14-11(15-17-12)8-5-6-8/h1-4,8H,5-7,13H2. The largest absolute Gasteiger partial charge is 0.430 e. The normalized spacial score (nSPS) is 14.9. The highest BCUT2D eigenvalue weighted by atomic mass is 32.1. The third kappa shape index (κ3) is 2.30. The van der Waals surface area contributed by atoms with Crippen LogP contribution in [0.15, 0.2) is 24.3 Å². The van der Waals surface area contributed by atoms with Crippen LogP contribution in [0.5, 0.6) is 10.9 Å². The van der Waals surface area contributed by atoms with Crippen LogP contribution in [0.25, 0.3) is 0 Å². The van der Waals surface area contributed by atoms with Crippen molar-refractivity contribution < 1.29 is 4.74 Å². The minimum atomic E-state index is 0.463. The number of para-hydroxylation sites is 1. The van der Waals surface area contributed by atoms with Crippen molar-refractivity contribution in [3.8, 4) is 10.9 Å². The Morgan fingerprint density at radius 1 is 1.35 bits per heavy atom. The van der Waals surface area contributed by atoms with E-state index in [4.69, 9.17) is 10.5 Å². The minimum Gasteiger partial charge on any atom is -0.430 e.